The Bertz CT molecular complexity index is 691. The van der Waals surface area contributed by atoms with E-state index in [1.165, 1.54) is 11.1 Å². The van der Waals surface area contributed by atoms with Crippen molar-refractivity contribution >= 4 is 5.78 Å². The summed E-state index contributed by atoms with van der Waals surface area (Å²) in [5.74, 6) is 4.60. The summed E-state index contributed by atoms with van der Waals surface area (Å²) in [4.78, 5) is 11.8. The van der Waals surface area contributed by atoms with Crippen molar-refractivity contribution in [3.05, 3.63) is 36.0 Å². The van der Waals surface area contributed by atoms with Crippen molar-refractivity contribution in [3.8, 4) is 12.3 Å². The van der Waals surface area contributed by atoms with Gasteiger partial charge in [-0.1, -0.05) is 36.6 Å². The van der Waals surface area contributed by atoms with E-state index in [2.05, 4.69) is 25.5 Å². The van der Waals surface area contributed by atoms with Gasteiger partial charge in [0.25, 0.3) is 0 Å². The third-order valence-electron chi connectivity index (χ3n) is 7.08. The van der Waals surface area contributed by atoms with Crippen LogP contribution in [0.4, 0.5) is 0 Å². The predicted octanol–water partition coefficient (Wildman–Crippen LogP) is 3.43. The van der Waals surface area contributed by atoms with Crippen LogP contribution in [0.15, 0.2) is 36.0 Å². The SMILES string of the molecule is C#CC1(O)C=CC2C3CCC4=CC(=O)CCC4C3C(=C)CC21C. The van der Waals surface area contributed by atoms with Gasteiger partial charge in [0.05, 0.1) is 0 Å². The van der Waals surface area contributed by atoms with E-state index in [0.29, 0.717) is 30.1 Å². The maximum Gasteiger partial charge on any atom is 0.155 e. The topological polar surface area (TPSA) is 37.3 Å². The van der Waals surface area contributed by atoms with Gasteiger partial charge in [0.2, 0.25) is 0 Å². The number of hydrogen-bond donors (Lipinski definition) is 1. The second kappa shape index (κ2) is 4.71. The first-order chi connectivity index (χ1) is 10.9. The molecule has 0 heterocycles. The number of carbonyl (C=O) groups is 1. The van der Waals surface area contributed by atoms with Crippen LogP contribution >= 0.6 is 0 Å². The molecular weight excluding hydrogens is 284 g/mol. The predicted molar refractivity (Wildman–Crippen MR) is 90.3 cm³/mol. The minimum absolute atomic E-state index is 0.281. The van der Waals surface area contributed by atoms with Crippen LogP contribution in [-0.4, -0.2) is 16.5 Å². The molecule has 6 atom stereocenters. The molecule has 0 spiro atoms. The van der Waals surface area contributed by atoms with E-state index >= 15 is 0 Å². The van der Waals surface area contributed by atoms with Crippen LogP contribution in [0.1, 0.15) is 39.0 Å². The van der Waals surface area contributed by atoms with Crippen molar-refractivity contribution in [1.29, 1.82) is 0 Å². The lowest BCUT2D eigenvalue weighted by atomic mass is 9.49. The number of terminal acetylenes is 1. The molecule has 2 fully saturated rings. The van der Waals surface area contributed by atoms with Gasteiger partial charge in [0.1, 0.15) is 5.60 Å². The molecule has 0 aromatic rings. The fourth-order valence-corrected chi connectivity index (χ4v) is 5.91. The Morgan fingerprint density at radius 3 is 2.91 bits per heavy atom. The van der Waals surface area contributed by atoms with Crippen molar-refractivity contribution in [2.45, 2.75) is 44.6 Å². The van der Waals surface area contributed by atoms with Crippen LogP contribution in [0, 0.1) is 41.4 Å². The Balaban J connectivity index is 1.73. The molecule has 4 aliphatic rings. The molecule has 4 aliphatic carbocycles. The number of hydrogen-bond acceptors (Lipinski definition) is 2. The summed E-state index contributed by atoms with van der Waals surface area (Å²) in [6.07, 6.45) is 16.0. The Morgan fingerprint density at radius 1 is 1.39 bits per heavy atom. The van der Waals surface area contributed by atoms with E-state index in [0.717, 1.165) is 25.7 Å². The van der Waals surface area contributed by atoms with Gasteiger partial charge in [0.15, 0.2) is 5.78 Å². The minimum Gasteiger partial charge on any atom is -0.373 e. The Morgan fingerprint density at radius 2 is 2.17 bits per heavy atom. The molecule has 2 nitrogen and oxygen atoms in total. The fraction of sp³-hybridized carbons (Fsp3) is 0.571. The highest BCUT2D eigenvalue weighted by Crippen LogP contribution is 2.63. The average Bonchev–Trinajstić information content (AvgIpc) is 2.78. The van der Waals surface area contributed by atoms with Gasteiger partial charge in [-0.05, 0) is 61.5 Å². The fourth-order valence-electron chi connectivity index (χ4n) is 5.91. The molecule has 1 N–H and O–H groups in total. The van der Waals surface area contributed by atoms with E-state index in [-0.39, 0.29) is 11.2 Å². The van der Waals surface area contributed by atoms with E-state index in [9.17, 15) is 9.90 Å². The van der Waals surface area contributed by atoms with Gasteiger partial charge in [-0.3, -0.25) is 4.79 Å². The van der Waals surface area contributed by atoms with Gasteiger partial charge < -0.3 is 5.11 Å². The molecule has 6 unspecified atom stereocenters. The smallest absolute Gasteiger partial charge is 0.155 e. The molecule has 0 saturated heterocycles. The molecule has 0 aromatic heterocycles. The molecular formula is C21H24O2. The van der Waals surface area contributed by atoms with E-state index in [4.69, 9.17) is 6.42 Å². The average molecular weight is 308 g/mol. The van der Waals surface area contributed by atoms with Gasteiger partial charge in [-0.2, -0.15) is 0 Å². The van der Waals surface area contributed by atoms with Crippen molar-refractivity contribution in [1.82, 2.24) is 0 Å². The van der Waals surface area contributed by atoms with Crippen molar-refractivity contribution < 1.29 is 9.90 Å². The van der Waals surface area contributed by atoms with E-state index < -0.39 is 5.60 Å². The molecule has 2 heteroatoms. The second-order valence-electron chi connectivity index (χ2n) is 8.11. The summed E-state index contributed by atoms with van der Waals surface area (Å²) in [7, 11) is 0. The number of allylic oxidation sites excluding steroid dienone is 4. The lowest BCUT2D eigenvalue weighted by molar-refractivity contribution is -0.115. The minimum atomic E-state index is -1.16. The second-order valence-corrected chi connectivity index (χ2v) is 8.11. The van der Waals surface area contributed by atoms with Crippen LogP contribution in [0.3, 0.4) is 0 Å². The first-order valence-corrected chi connectivity index (χ1v) is 8.70. The maximum absolute atomic E-state index is 11.8. The molecule has 2 saturated carbocycles. The van der Waals surface area contributed by atoms with Crippen LogP contribution in [0.25, 0.3) is 0 Å². The lowest BCUT2D eigenvalue weighted by Crippen LogP contribution is -2.53. The highest BCUT2D eigenvalue weighted by atomic mass is 16.3. The van der Waals surface area contributed by atoms with Gasteiger partial charge in [-0.15, -0.1) is 6.42 Å². The number of fused-ring (bicyclic) bond motifs is 5. The monoisotopic (exact) mass is 308 g/mol. The molecule has 0 radical (unpaired) electrons. The molecule has 23 heavy (non-hydrogen) atoms. The van der Waals surface area contributed by atoms with Crippen LogP contribution in [0.5, 0.6) is 0 Å². The first kappa shape index (κ1) is 15.0. The molecule has 0 amide bonds. The summed E-state index contributed by atoms with van der Waals surface area (Å²) in [5, 5.41) is 10.9. The summed E-state index contributed by atoms with van der Waals surface area (Å²) in [6.45, 7) is 6.51. The van der Waals surface area contributed by atoms with Crippen LogP contribution in [0.2, 0.25) is 0 Å². The molecule has 4 rings (SSSR count). The summed E-state index contributed by atoms with van der Waals surface area (Å²) in [6, 6.07) is 0. The van der Waals surface area contributed by atoms with E-state index in [1.807, 2.05) is 12.2 Å². The normalized spacial score (nSPS) is 48.1. The van der Waals surface area contributed by atoms with Gasteiger partial charge in [0, 0.05) is 11.8 Å². The standard InChI is InChI=1S/C21H24O2/c1-4-21(23)10-9-18-17-7-5-14-11-15(22)6-8-16(14)19(17)13(2)12-20(18,21)3/h1,9-11,16-19,23H,2,5-8,12H2,3H3. The highest BCUT2D eigenvalue weighted by molar-refractivity contribution is 5.91. The largest absolute Gasteiger partial charge is 0.373 e. The molecule has 0 aromatic carbocycles. The van der Waals surface area contributed by atoms with Crippen molar-refractivity contribution in [3.63, 3.8) is 0 Å². The van der Waals surface area contributed by atoms with Crippen molar-refractivity contribution in [2.24, 2.45) is 29.1 Å². The molecule has 0 bridgehead atoms. The summed E-state index contributed by atoms with van der Waals surface area (Å²) >= 11 is 0. The Kier molecular flexibility index (Phi) is 3.06. The number of ketones is 1. The zero-order valence-electron chi connectivity index (χ0n) is 13.7. The number of carbonyl (C=O) groups excluding carboxylic acids is 1. The Hall–Kier alpha value is -1.59. The Labute approximate surface area is 138 Å². The quantitative estimate of drug-likeness (QED) is 0.550. The number of aliphatic hydroxyl groups is 1. The first-order valence-electron chi connectivity index (χ1n) is 8.70. The van der Waals surface area contributed by atoms with Crippen molar-refractivity contribution in [2.75, 3.05) is 0 Å². The van der Waals surface area contributed by atoms with E-state index in [1.54, 1.807) is 0 Å². The van der Waals surface area contributed by atoms with Gasteiger partial charge in [-0.25, -0.2) is 0 Å². The number of rotatable bonds is 0. The zero-order valence-corrected chi connectivity index (χ0v) is 13.7. The van der Waals surface area contributed by atoms with Gasteiger partial charge >= 0.3 is 0 Å². The molecule has 0 aliphatic heterocycles. The maximum atomic E-state index is 11.8. The van der Waals surface area contributed by atoms with Crippen LogP contribution < -0.4 is 0 Å². The summed E-state index contributed by atoms with van der Waals surface area (Å²) < 4.78 is 0. The third-order valence-corrected chi connectivity index (χ3v) is 7.08. The zero-order chi connectivity index (χ0) is 16.4. The summed E-state index contributed by atoms with van der Waals surface area (Å²) in [5.41, 5.74) is 1.05. The third kappa shape index (κ3) is 1.83. The van der Waals surface area contributed by atoms with Crippen LogP contribution in [-0.2, 0) is 4.79 Å². The molecule has 120 valence electrons. The lowest BCUT2D eigenvalue weighted by Gasteiger charge is -2.55. The highest BCUT2D eigenvalue weighted by Gasteiger charge is 2.60.